The summed E-state index contributed by atoms with van der Waals surface area (Å²) in [6.45, 7) is 6.30. The van der Waals surface area contributed by atoms with Gasteiger partial charge in [-0.2, -0.15) is 10.2 Å². The van der Waals surface area contributed by atoms with Crippen LogP contribution < -0.4 is 0 Å². The summed E-state index contributed by atoms with van der Waals surface area (Å²) in [5.74, 6) is 0.569. The normalized spacial score (nSPS) is 18.6. The van der Waals surface area contributed by atoms with Crippen molar-refractivity contribution in [3.63, 3.8) is 0 Å². The van der Waals surface area contributed by atoms with E-state index in [2.05, 4.69) is 21.4 Å². The number of hydrogen-bond donors (Lipinski definition) is 1. The molecule has 3 rings (SSSR count). The van der Waals surface area contributed by atoms with Gasteiger partial charge >= 0.3 is 0 Å². The van der Waals surface area contributed by atoms with Crippen LogP contribution in [0.15, 0.2) is 18.5 Å². The lowest BCUT2D eigenvalue weighted by atomic mass is 9.94. The molecule has 1 N–H and O–H groups in total. The zero-order valence-corrected chi connectivity index (χ0v) is 13.2. The van der Waals surface area contributed by atoms with Crippen molar-refractivity contribution in [2.24, 2.45) is 0 Å². The molecule has 22 heavy (non-hydrogen) atoms. The molecule has 0 spiro atoms. The second-order valence-corrected chi connectivity index (χ2v) is 6.19. The third-order valence-electron chi connectivity index (χ3n) is 4.24. The summed E-state index contributed by atoms with van der Waals surface area (Å²) >= 11 is 0. The number of carbonyl (C=O) groups is 1. The molecule has 0 saturated carbocycles. The van der Waals surface area contributed by atoms with E-state index >= 15 is 0 Å². The van der Waals surface area contributed by atoms with Gasteiger partial charge in [-0.3, -0.25) is 14.6 Å². The summed E-state index contributed by atoms with van der Waals surface area (Å²) in [4.78, 5) is 14.4. The van der Waals surface area contributed by atoms with E-state index < -0.39 is 0 Å². The first-order valence-corrected chi connectivity index (χ1v) is 7.90. The van der Waals surface area contributed by atoms with Gasteiger partial charge in [0.15, 0.2) is 0 Å². The van der Waals surface area contributed by atoms with E-state index in [1.54, 1.807) is 0 Å². The minimum absolute atomic E-state index is 0.213. The van der Waals surface area contributed by atoms with Crippen LogP contribution in [0.4, 0.5) is 0 Å². The Hall–Kier alpha value is -2.11. The van der Waals surface area contributed by atoms with Gasteiger partial charge in [0.2, 0.25) is 5.91 Å². The van der Waals surface area contributed by atoms with Crippen molar-refractivity contribution in [2.45, 2.75) is 45.6 Å². The number of hydrogen-bond acceptors (Lipinski definition) is 3. The van der Waals surface area contributed by atoms with Crippen LogP contribution in [-0.4, -0.2) is 43.9 Å². The number of rotatable bonds is 4. The predicted molar refractivity (Wildman–Crippen MR) is 83.5 cm³/mol. The highest BCUT2D eigenvalue weighted by atomic mass is 16.2. The van der Waals surface area contributed by atoms with Gasteiger partial charge in [-0.25, -0.2) is 0 Å². The van der Waals surface area contributed by atoms with Crippen LogP contribution in [0.1, 0.15) is 42.1 Å². The smallest absolute Gasteiger partial charge is 0.224 e. The Morgan fingerprint density at radius 2 is 2.32 bits per heavy atom. The van der Waals surface area contributed by atoms with E-state index in [9.17, 15) is 4.79 Å². The van der Waals surface area contributed by atoms with Crippen LogP contribution in [-0.2, 0) is 11.3 Å². The van der Waals surface area contributed by atoms with Gasteiger partial charge in [-0.1, -0.05) is 0 Å². The van der Waals surface area contributed by atoms with Crippen molar-refractivity contribution in [1.29, 1.82) is 0 Å². The molecule has 0 aromatic carbocycles. The Kier molecular flexibility index (Phi) is 4.27. The number of aryl methyl sites for hydroxylation is 3. The molecule has 3 heterocycles. The lowest BCUT2D eigenvalue weighted by Gasteiger charge is -2.32. The van der Waals surface area contributed by atoms with Crippen molar-refractivity contribution < 1.29 is 4.79 Å². The number of likely N-dealkylation sites (tertiary alicyclic amines) is 1. The molecule has 0 aliphatic carbocycles. The van der Waals surface area contributed by atoms with Crippen molar-refractivity contribution in [2.75, 3.05) is 13.1 Å². The molecule has 1 atom stereocenters. The average molecular weight is 301 g/mol. The zero-order chi connectivity index (χ0) is 15.5. The molecule has 2 aromatic rings. The van der Waals surface area contributed by atoms with Gasteiger partial charge in [0.1, 0.15) is 0 Å². The number of amides is 1. The molecule has 1 aliphatic heterocycles. The monoisotopic (exact) mass is 301 g/mol. The molecular weight excluding hydrogens is 278 g/mol. The fourth-order valence-corrected chi connectivity index (χ4v) is 3.05. The van der Waals surface area contributed by atoms with E-state index in [1.807, 2.05) is 35.8 Å². The lowest BCUT2D eigenvalue weighted by Crippen LogP contribution is -2.39. The summed E-state index contributed by atoms with van der Waals surface area (Å²) in [6.07, 6.45) is 6.45. The highest BCUT2D eigenvalue weighted by Crippen LogP contribution is 2.26. The Bertz CT molecular complexity index is 645. The maximum atomic E-state index is 12.4. The molecule has 0 unspecified atom stereocenters. The van der Waals surface area contributed by atoms with Gasteiger partial charge < -0.3 is 4.90 Å². The largest absolute Gasteiger partial charge is 0.342 e. The first-order valence-electron chi connectivity index (χ1n) is 7.90. The van der Waals surface area contributed by atoms with Crippen LogP contribution in [0.25, 0.3) is 0 Å². The highest BCUT2D eigenvalue weighted by molar-refractivity contribution is 5.76. The number of nitrogens with zero attached hydrogens (tertiary/aromatic N) is 4. The predicted octanol–water partition coefficient (Wildman–Crippen LogP) is 2.02. The summed E-state index contributed by atoms with van der Waals surface area (Å²) in [5, 5.41) is 11.6. The van der Waals surface area contributed by atoms with Crippen molar-refractivity contribution in [3.05, 3.63) is 35.4 Å². The Morgan fingerprint density at radius 1 is 1.45 bits per heavy atom. The molecule has 0 bridgehead atoms. The lowest BCUT2D eigenvalue weighted by molar-refractivity contribution is -0.132. The number of aromatic amines is 1. The minimum Gasteiger partial charge on any atom is -0.342 e. The molecule has 1 saturated heterocycles. The molecule has 6 heteroatoms. The van der Waals surface area contributed by atoms with Gasteiger partial charge in [0.25, 0.3) is 0 Å². The van der Waals surface area contributed by atoms with Crippen molar-refractivity contribution in [1.82, 2.24) is 24.9 Å². The molecule has 1 amide bonds. The van der Waals surface area contributed by atoms with Crippen LogP contribution in [0.5, 0.6) is 0 Å². The maximum absolute atomic E-state index is 12.4. The van der Waals surface area contributed by atoms with Crippen molar-refractivity contribution in [3.8, 4) is 0 Å². The first kappa shape index (κ1) is 14.8. The Morgan fingerprint density at radius 3 is 3.00 bits per heavy atom. The molecule has 0 radical (unpaired) electrons. The maximum Gasteiger partial charge on any atom is 0.224 e. The fraction of sp³-hybridized carbons (Fsp3) is 0.562. The SMILES string of the molecule is Cc1cnn(CCC(=O)N2CCC[C@@H](c3cc(C)[nH]n3)C2)c1. The molecule has 6 nitrogen and oxygen atoms in total. The van der Waals surface area contributed by atoms with Crippen LogP contribution in [0.2, 0.25) is 0 Å². The Labute approximate surface area is 130 Å². The summed E-state index contributed by atoms with van der Waals surface area (Å²) in [5.41, 5.74) is 3.28. The number of nitrogens with one attached hydrogen (secondary N) is 1. The number of aromatic nitrogens is 4. The minimum atomic E-state index is 0.213. The second-order valence-electron chi connectivity index (χ2n) is 6.19. The molecule has 1 aliphatic rings. The summed E-state index contributed by atoms with van der Waals surface area (Å²) in [7, 11) is 0. The molecular formula is C16H23N5O. The third kappa shape index (κ3) is 3.37. The third-order valence-corrected chi connectivity index (χ3v) is 4.24. The standard InChI is InChI=1S/C16H23N5O/c1-12-9-17-21(10-12)7-5-16(22)20-6-3-4-14(11-20)15-8-13(2)18-19-15/h8-10,14H,3-7,11H2,1-2H3,(H,18,19)/t14-/m1/s1. The van der Waals surface area contributed by atoms with E-state index in [0.29, 0.717) is 18.9 Å². The van der Waals surface area contributed by atoms with Crippen molar-refractivity contribution >= 4 is 5.91 Å². The van der Waals surface area contributed by atoms with Gasteiger partial charge in [-0.05, 0) is 38.3 Å². The van der Waals surface area contributed by atoms with E-state index in [-0.39, 0.29) is 5.91 Å². The van der Waals surface area contributed by atoms with Gasteiger partial charge in [0, 0.05) is 43.9 Å². The summed E-state index contributed by atoms with van der Waals surface area (Å²) < 4.78 is 1.84. The number of carbonyl (C=O) groups excluding carboxylic acids is 1. The quantitative estimate of drug-likeness (QED) is 0.939. The fourth-order valence-electron chi connectivity index (χ4n) is 3.05. The van der Waals surface area contributed by atoms with Crippen LogP contribution >= 0.6 is 0 Å². The van der Waals surface area contributed by atoms with E-state index in [4.69, 9.17) is 0 Å². The zero-order valence-electron chi connectivity index (χ0n) is 13.2. The summed E-state index contributed by atoms with van der Waals surface area (Å²) in [6, 6.07) is 2.09. The number of H-pyrrole nitrogens is 1. The number of piperidine rings is 1. The molecule has 1 fully saturated rings. The highest BCUT2D eigenvalue weighted by Gasteiger charge is 2.25. The van der Waals surface area contributed by atoms with Gasteiger partial charge in [0.05, 0.1) is 11.9 Å². The Balaban J connectivity index is 1.55. The molecule has 118 valence electrons. The second kappa shape index (κ2) is 6.34. The first-order chi connectivity index (χ1) is 10.6. The van der Waals surface area contributed by atoms with Crippen LogP contribution in [0, 0.1) is 13.8 Å². The van der Waals surface area contributed by atoms with Crippen LogP contribution in [0.3, 0.4) is 0 Å². The topological polar surface area (TPSA) is 66.8 Å². The van der Waals surface area contributed by atoms with E-state index in [1.165, 1.54) is 0 Å². The van der Waals surface area contributed by atoms with Gasteiger partial charge in [-0.15, -0.1) is 0 Å². The molecule has 2 aromatic heterocycles. The van der Waals surface area contributed by atoms with E-state index in [0.717, 1.165) is 42.9 Å². The average Bonchev–Trinajstić information content (AvgIpc) is 3.13.